The van der Waals surface area contributed by atoms with Crippen molar-refractivity contribution in [3.05, 3.63) is 28.0 Å². The Morgan fingerprint density at radius 3 is 2.94 bits per heavy atom. The van der Waals surface area contributed by atoms with Gasteiger partial charge in [0.1, 0.15) is 4.92 Å². The molecule has 98 valence electrons. The van der Waals surface area contributed by atoms with Crippen molar-refractivity contribution in [3.63, 3.8) is 0 Å². The lowest BCUT2D eigenvalue weighted by atomic mass is 10.1. The van der Waals surface area contributed by atoms with Crippen molar-refractivity contribution in [2.75, 3.05) is 6.61 Å². The summed E-state index contributed by atoms with van der Waals surface area (Å²) in [7, 11) is 0. The van der Waals surface area contributed by atoms with Crippen molar-refractivity contribution >= 4 is 11.8 Å². The standard InChI is InChI=1S/C11H14N2O5/c14-6-7-2-1-3-8(7)12-11(15)9-4-5-10(18-9)13(16)17/h4-5,7-8,14H,1-3,6H2,(H,12,15). The molecule has 1 aliphatic carbocycles. The number of carbonyl (C=O) groups excluding carboxylic acids is 1. The van der Waals surface area contributed by atoms with Crippen LogP contribution in [0.4, 0.5) is 5.88 Å². The van der Waals surface area contributed by atoms with E-state index in [1.54, 1.807) is 0 Å². The van der Waals surface area contributed by atoms with Crippen LogP contribution < -0.4 is 5.32 Å². The number of nitrogens with zero attached hydrogens (tertiary/aromatic N) is 1. The Labute approximate surface area is 103 Å². The number of aliphatic hydroxyl groups excluding tert-OH is 1. The van der Waals surface area contributed by atoms with E-state index in [2.05, 4.69) is 5.32 Å². The number of nitro groups is 1. The summed E-state index contributed by atoms with van der Waals surface area (Å²) in [5.74, 6) is -0.956. The van der Waals surface area contributed by atoms with Gasteiger partial charge in [-0.25, -0.2) is 0 Å². The van der Waals surface area contributed by atoms with Crippen LogP contribution in [0.5, 0.6) is 0 Å². The van der Waals surface area contributed by atoms with Gasteiger partial charge in [-0.3, -0.25) is 14.9 Å². The first-order chi connectivity index (χ1) is 8.61. The number of rotatable bonds is 4. The summed E-state index contributed by atoms with van der Waals surface area (Å²) in [6.07, 6.45) is 2.63. The lowest BCUT2D eigenvalue weighted by Gasteiger charge is -2.17. The molecule has 1 saturated carbocycles. The average molecular weight is 254 g/mol. The van der Waals surface area contributed by atoms with Crippen LogP contribution in [0.15, 0.2) is 16.5 Å². The van der Waals surface area contributed by atoms with Crippen LogP contribution >= 0.6 is 0 Å². The second-order valence-corrected chi connectivity index (χ2v) is 4.35. The molecule has 2 unspecified atom stereocenters. The predicted molar refractivity (Wildman–Crippen MR) is 61.0 cm³/mol. The summed E-state index contributed by atoms with van der Waals surface area (Å²) in [5, 5.41) is 22.3. The Morgan fingerprint density at radius 1 is 1.56 bits per heavy atom. The number of hydrogen-bond donors (Lipinski definition) is 2. The van der Waals surface area contributed by atoms with E-state index < -0.39 is 16.7 Å². The average Bonchev–Trinajstić information content (AvgIpc) is 2.96. The number of carbonyl (C=O) groups is 1. The number of aliphatic hydroxyl groups is 1. The van der Waals surface area contributed by atoms with Gasteiger partial charge in [0, 0.05) is 18.6 Å². The molecule has 1 amide bonds. The molecule has 7 heteroatoms. The van der Waals surface area contributed by atoms with Crippen LogP contribution in [0.25, 0.3) is 0 Å². The molecule has 0 aliphatic heterocycles. The minimum atomic E-state index is -0.692. The smallest absolute Gasteiger partial charge is 0.396 e. The fourth-order valence-corrected chi connectivity index (χ4v) is 2.23. The maximum atomic E-state index is 11.8. The van der Waals surface area contributed by atoms with E-state index in [0.717, 1.165) is 25.3 Å². The topological polar surface area (TPSA) is 106 Å². The van der Waals surface area contributed by atoms with E-state index in [0.29, 0.717) is 0 Å². The molecule has 2 atom stereocenters. The highest BCUT2D eigenvalue weighted by molar-refractivity contribution is 5.91. The Balaban J connectivity index is 2.00. The van der Waals surface area contributed by atoms with Crippen LogP contribution in [0.2, 0.25) is 0 Å². The molecule has 1 aliphatic rings. The zero-order valence-corrected chi connectivity index (χ0v) is 9.67. The van der Waals surface area contributed by atoms with Crippen LogP contribution in [0.1, 0.15) is 29.8 Å². The van der Waals surface area contributed by atoms with Gasteiger partial charge in [-0.05, 0) is 18.9 Å². The van der Waals surface area contributed by atoms with E-state index in [1.807, 2.05) is 0 Å². The molecule has 0 saturated heterocycles. The second kappa shape index (κ2) is 5.18. The summed E-state index contributed by atoms with van der Waals surface area (Å²) < 4.78 is 4.81. The molecule has 0 spiro atoms. The monoisotopic (exact) mass is 254 g/mol. The second-order valence-electron chi connectivity index (χ2n) is 4.35. The van der Waals surface area contributed by atoms with E-state index in [4.69, 9.17) is 9.52 Å². The highest BCUT2D eigenvalue weighted by atomic mass is 16.6. The molecule has 7 nitrogen and oxygen atoms in total. The Bertz CT molecular complexity index is 456. The van der Waals surface area contributed by atoms with Gasteiger partial charge >= 0.3 is 5.88 Å². The van der Waals surface area contributed by atoms with E-state index in [9.17, 15) is 14.9 Å². The molecular formula is C11H14N2O5. The van der Waals surface area contributed by atoms with E-state index in [1.165, 1.54) is 6.07 Å². The number of furan rings is 1. The van der Waals surface area contributed by atoms with Crippen LogP contribution in [0, 0.1) is 16.0 Å². The fourth-order valence-electron chi connectivity index (χ4n) is 2.23. The molecule has 0 aromatic carbocycles. The largest absolute Gasteiger partial charge is 0.433 e. The molecule has 1 aromatic rings. The van der Waals surface area contributed by atoms with Gasteiger partial charge in [-0.15, -0.1) is 0 Å². The fraction of sp³-hybridized carbons (Fsp3) is 0.545. The van der Waals surface area contributed by atoms with Crippen molar-refractivity contribution in [3.8, 4) is 0 Å². The SMILES string of the molecule is O=C(NC1CCCC1CO)c1ccc([N+](=O)[O-])o1. The molecule has 1 fully saturated rings. The summed E-state index contributed by atoms with van der Waals surface area (Å²) >= 11 is 0. The first kappa shape index (κ1) is 12.6. The number of amides is 1. The Hall–Kier alpha value is -1.89. The Morgan fingerprint density at radius 2 is 2.33 bits per heavy atom. The third-order valence-electron chi connectivity index (χ3n) is 3.21. The zero-order valence-electron chi connectivity index (χ0n) is 9.67. The highest BCUT2D eigenvalue weighted by Gasteiger charge is 2.29. The van der Waals surface area contributed by atoms with Gasteiger partial charge < -0.3 is 14.8 Å². The molecule has 1 heterocycles. The first-order valence-corrected chi connectivity index (χ1v) is 5.77. The third kappa shape index (κ3) is 2.51. The maximum absolute atomic E-state index is 11.8. The molecule has 2 rings (SSSR count). The van der Waals surface area contributed by atoms with Crippen LogP contribution in [-0.2, 0) is 0 Å². The molecule has 2 N–H and O–H groups in total. The maximum Gasteiger partial charge on any atom is 0.433 e. The lowest BCUT2D eigenvalue weighted by Crippen LogP contribution is -2.38. The first-order valence-electron chi connectivity index (χ1n) is 5.77. The number of nitrogens with one attached hydrogen (secondary N) is 1. The predicted octanol–water partition coefficient (Wildman–Crippen LogP) is 1.08. The van der Waals surface area contributed by atoms with E-state index >= 15 is 0 Å². The summed E-state index contributed by atoms with van der Waals surface area (Å²) in [6.45, 7) is 0.0310. The Kier molecular flexibility index (Phi) is 3.61. The molecular weight excluding hydrogens is 240 g/mol. The van der Waals surface area contributed by atoms with Gasteiger partial charge in [0.05, 0.1) is 6.07 Å². The van der Waals surface area contributed by atoms with Gasteiger partial charge in [0.2, 0.25) is 0 Å². The summed E-state index contributed by atoms with van der Waals surface area (Å²) in [5.41, 5.74) is 0. The normalized spacial score (nSPS) is 22.9. The van der Waals surface area contributed by atoms with Gasteiger partial charge in [-0.2, -0.15) is 0 Å². The molecule has 1 aromatic heterocycles. The van der Waals surface area contributed by atoms with Crippen molar-refractivity contribution in [2.45, 2.75) is 25.3 Å². The van der Waals surface area contributed by atoms with Gasteiger partial charge in [0.25, 0.3) is 5.91 Å². The minimum absolute atomic E-state index is 0.0310. The highest BCUT2D eigenvalue weighted by Crippen LogP contribution is 2.25. The van der Waals surface area contributed by atoms with Gasteiger partial charge in [0.15, 0.2) is 5.76 Å². The van der Waals surface area contributed by atoms with Crippen LogP contribution in [0.3, 0.4) is 0 Å². The van der Waals surface area contributed by atoms with E-state index in [-0.39, 0.29) is 24.3 Å². The van der Waals surface area contributed by atoms with Crippen molar-refractivity contribution in [1.82, 2.24) is 5.32 Å². The van der Waals surface area contributed by atoms with Crippen LogP contribution in [-0.4, -0.2) is 28.6 Å². The lowest BCUT2D eigenvalue weighted by molar-refractivity contribution is -0.402. The van der Waals surface area contributed by atoms with Crippen molar-refractivity contribution < 1.29 is 19.2 Å². The quantitative estimate of drug-likeness (QED) is 0.617. The molecule has 0 bridgehead atoms. The molecule has 0 radical (unpaired) electrons. The summed E-state index contributed by atoms with van der Waals surface area (Å²) in [6, 6.07) is 2.33. The third-order valence-corrected chi connectivity index (χ3v) is 3.21. The van der Waals surface area contributed by atoms with Crippen molar-refractivity contribution in [1.29, 1.82) is 0 Å². The van der Waals surface area contributed by atoms with Crippen molar-refractivity contribution in [2.24, 2.45) is 5.92 Å². The van der Waals surface area contributed by atoms with Gasteiger partial charge in [-0.1, -0.05) is 6.42 Å². The summed E-state index contributed by atoms with van der Waals surface area (Å²) in [4.78, 5) is 21.5. The number of hydrogen-bond acceptors (Lipinski definition) is 5. The zero-order chi connectivity index (χ0) is 13.1. The molecule has 18 heavy (non-hydrogen) atoms. The minimum Gasteiger partial charge on any atom is -0.396 e.